The summed E-state index contributed by atoms with van der Waals surface area (Å²) in [7, 11) is 0. The summed E-state index contributed by atoms with van der Waals surface area (Å²) in [6.07, 6.45) is 3.93. The Balaban J connectivity index is 1.66. The Bertz CT molecular complexity index is 816. The minimum atomic E-state index is -0.262. The van der Waals surface area contributed by atoms with E-state index >= 15 is 0 Å². The maximum absolute atomic E-state index is 12.1. The fourth-order valence-corrected chi connectivity index (χ4v) is 3.01. The van der Waals surface area contributed by atoms with Crippen LogP contribution in [0, 0.1) is 0 Å². The van der Waals surface area contributed by atoms with Crippen molar-refractivity contribution in [1.29, 1.82) is 0 Å². The van der Waals surface area contributed by atoms with Crippen molar-refractivity contribution in [2.45, 2.75) is 6.42 Å². The van der Waals surface area contributed by atoms with E-state index in [0.29, 0.717) is 20.9 Å². The zero-order valence-corrected chi connectivity index (χ0v) is 14.1. The Morgan fingerprint density at radius 2 is 1.83 bits per heavy atom. The third-order valence-electron chi connectivity index (χ3n) is 3.06. The maximum atomic E-state index is 12.1. The number of nitrogens with one attached hydrogen (secondary N) is 1. The first kappa shape index (κ1) is 15.9. The van der Waals surface area contributed by atoms with Crippen molar-refractivity contribution in [3.05, 3.63) is 75.0 Å². The summed E-state index contributed by atoms with van der Waals surface area (Å²) in [5, 5.41) is 4.37. The summed E-state index contributed by atoms with van der Waals surface area (Å²) in [6, 6.07) is 10.8. The number of amides is 1. The molecule has 2 heterocycles. The molecule has 3 rings (SSSR count). The monoisotopic (exact) mass is 363 g/mol. The number of benzene rings is 1. The molecule has 3 aromatic rings. The maximum Gasteiger partial charge on any atom is 0.259 e. The number of hydrogen-bond donors (Lipinski definition) is 1. The number of halogens is 2. The lowest BCUT2D eigenvalue weighted by atomic mass is 10.1. The van der Waals surface area contributed by atoms with E-state index in [4.69, 9.17) is 23.2 Å². The van der Waals surface area contributed by atoms with Crippen LogP contribution in [0.25, 0.3) is 0 Å². The molecule has 0 aliphatic carbocycles. The van der Waals surface area contributed by atoms with Gasteiger partial charge in [0.15, 0.2) is 5.13 Å². The SMILES string of the molecule is O=C(Nc1ncc(Cc2ccc(Cl)cc2)s1)c1ccc(Cl)nc1. The Labute approximate surface area is 147 Å². The summed E-state index contributed by atoms with van der Waals surface area (Å²) < 4.78 is 0. The second kappa shape index (κ2) is 7.08. The van der Waals surface area contributed by atoms with Crippen LogP contribution in [0.1, 0.15) is 20.8 Å². The molecule has 0 saturated carbocycles. The molecule has 0 saturated heterocycles. The summed E-state index contributed by atoms with van der Waals surface area (Å²) in [5.41, 5.74) is 1.57. The molecule has 7 heteroatoms. The van der Waals surface area contributed by atoms with E-state index in [-0.39, 0.29) is 5.91 Å². The summed E-state index contributed by atoms with van der Waals surface area (Å²) in [5.74, 6) is -0.262. The second-order valence-corrected chi connectivity index (χ2v) is 6.70. The van der Waals surface area contributed by atoms with Gasteiger partial charge in [-0.25, -0.2) is 9.97 Å². The van der Waals surface area contributed by atoms with E-state index in [1.54, 1.807) is 18.3 Å². The Hall–Kier alpha value is -1.95. The predicted octanol–water partition coefficient (Wildman–Crippen LogP) is 4.69. The van der Waals surface area contributed by atoms with Gasteiger partial charge >= 0.3 is 0 Å². The minimum Gasteiger partial charge on any atom is -0.298 e. The Kier molecular flexibility index (Phi) is 4.91. The molecule has 0 unspecified atom stereocenters. The van der Waals surface area contributed by atoms with Crippen molar-refractivity contribution in [1.82, 2.24) is 9.97 Å². The molecule has 0 atom stereocenters. The minimum absolute atomic E-state index is 0.262. The average Bonchev–Trinajstić information content (AvgIpc) is 2.97. The highest BCUT2D eigenvalue weighted by atomic mass is 35.5. The fourth-order valence-electron chi connectivity index (χ4n) is 1.93. The van der Waals surface area contributed by atoms with E-state index in [1.165, 1.54) is 17.5 Å². The van der Waals surface area contributed by atoms with Crippen LogP contribution in [0.4, 0.5) is 5.13 Å². The van der Waals surface area contributed by atoms with Gasteiger partial charge in [-0.2, -0.15) is 0 Å². The van der Waals surface area contributed by atoms with Gasteiger partial charge < -0.3 is 0 Å². The van der Waals surface area contributed by atoms with Gasteiger partial charge in [-0.1, -0.05) is 35.3 Å². The number of rotatable bonds is 4. The number of aromatic nitrogens is 2. The quantitative estimate of drug-likeness (QED) is 0.684. The highest BCUT2D eigenvalue weighted by Gasteiger charge is 2.10. The van der Waals surface area contributed by atoms with E-state index in [2.05, 4.69) is 15.3 Å². The molecule has 23 heavy (non-hydrogen) atoms. The zero-order chi connectivity index (χ0) is 16.2. The van der Waals surface area contributed by atoms with Gasteiger partial charge in [-0.05, 0) is 29.8 Å². The van der Waals surface area contributed by atoms with Gasteiger partial charge in [0.05, 0.1) is 5.56 Å². The van der Waals surface area contributed by atoms with Crippen LogP contribution in [0.2, 0.25) is 10.2 Å². The third kappa shape index (κ3) is 4.28. The molecule has 0 radical (unpaired) electrons. The van der Waals surface area contributed by atoms with Crippen LogP contribution in [0.15, 0.2) is 48.8 Å². The zero-order valence-electron chi connectivity index (χ0n) is 11.8. The van der Waals surface area contributed by atoms with Crippen molar-refractivity contribution in [2.75, 3.05) is 5.32 Å². The largest absolute Gasteiger partial charge is 0.298 e. The van der Waals surface area contributed by atoms with Crippen molar-refractivity contribution in [2.24, 2.45) is 0 Å². The van der Waals surface area contributed by atoms with Crippen LogP contribution >= 0.6 is 34.5 Å². The molecule has 2 aromatic heterocycles. The highest BCUT2D eigenvalue weighted by Crippen LogP contribution is 2.22. The first-order valence-electron chi connectivity index (χ1n) is 6.72. The van der Waals surface area contributed by atoms with Gasteiger partial charge in [-0.3, -0.25) is 10.1 Å². The van der Waals surface area contributed by atoms with Crippen molar-refractivity contribution < 1.29 is 4.79 Å². The van der Waals surface area contributed by atoms with Crippen molar-refractivity contribution >= 4 is 45.6 Å². The first-order valence-corrected chi connectivity index (χ1v) is 8.29. The van der Waals surface area contributed by atoms with Crippen LogP contribution in [0.3, 0.4) is 0 Å². The standard InChI is InChI=1S/C16H11Cl2N3OS/c17-12-4-1-10(2-5-12)7-13-9-20-16(23-13)21-15(22)11-3-6-14(18)19-8-11/h1-6,8-9H,7H2,(H,20,21,22). The fraction of sp³-hybridized carbons (Fsp3) is 0.0625. The predicted molar refractivity (Wildman–Crippen MR) is 93.6 cm³/mol. The molecule has 1 aromatic carbocycles. The van der Waals surface area contributed by atoms with Gasteiger partial charge in [0.25, 0.3) is 5.91 Å². The molecule has 116 valence electrons. The molecular formula is C16H11Cl2N3OS. The summed E-state index contributed by atoms with van der Waals surface area (Å²) in [4.78, 5) is 21.3. The average molecular weight is 364 g/mol. The van der Waals surface area contributed by atoms with E-state index in [9.17, 15) is 4.79 Å². The number of carbonyl (C=O) groups is 1. The smallest absolute Gasteiger partial charge is 0.259 e. The molecular weight excluding hydrogens is 353 g/mol. The number of carbonyl (C=O) groups excluding carboxylic acids is 1. The summed E-state index contributed by atoms with van der Waals surface area (Å²) >= 11 is 13.0. The lowest BCUT2D eigenvalue weighted by Crippen LogP contribution is -2.11. The number of thiazole rings is 1. The van der Waals surface area contributed by atoms with E-state index in [0.717, 1.165) is 16.9 Å². The van der Waals surface area contributed by atoms with Crippen LogP contribution in [-0.2, 0) is 6.42 Å². The van der Waals surface area contributed by atoms with Gasteiger partial charge in [0.1, 0.15) is 5.15 Å². The molecule has 0 fully saturated rings. The normalized spacial score (nSPS) is 10.5. The molecule has 1 amide bonds. The van der Waals surface area contributed by atoms with Crippen molar-refractivity contribution in [3.63, 3.8) is 0 Å². The van der Waals surface area contributed by atoms with E-state index in [1.807, 2.05) is 24.3 Å². The lowest BCUT2D eigenvalue weighted by molar-refractivity contribution is 0.102. The van der Waals surface area contributed by atoms with Crippen molar-refractivity contribution in [3.8, 4) is 0 Å². The first-order chi connectivity index (χ1) is 11.1. The molecule has 0 aliphatic heterocycles. The lowest BCUT2D eigenvalue weighted by Gasteiger charge is -2.01. The second-order valence-electron chi connectivity index (χ2n) is 4.76. The number of anilines is 1. The van der Waals surface area contributed by atoms with Gasteiger partial charge in [0, 0.05) is 28.7 Å². The summed E-state index contributed by atoms with van der Waals surface area (Å²) in [6.45, 7) is 0. The Morgan fingerprint density at radius 1 is 1.04 bits per heavy atom. The van der Waals surface area contributed by atoms with E-state index < -0.39 is 0 Å². The van der Waals surface area contributed by atoms with Gasteiger partial charge in [0.2, 0.25) is 0 Å². The molecule has 0 aliphatic rings. The van der Waals surface area contributed by atoms with Crippen LogP contribution < -0.4 is 5.32 Å². The molecule has 4 nitrogen and oxygen atoms in total. The third-order valence-corrected chi connectivity index (χ3v) is 4.44. The Morgan fingerprint density at radius 3 is 2.52 bits per heavy atom. The number of pyridine rings is 1. The number of hydrogen-bond acceptors (Lipinski definition) is 4. The van der Waals surface area contributed by atoms with Gasteiger partial charge in [-0.15, -0.1) is 11.3 Å². The van der Waals surface area contributed by atoms with Crippen LogP contribution in [-0.4, -0.2) is 15.9 Å². The highest BCUT2D eigenvalue weighted by molar-refractivity contribution is 7.15. The van der Waals surface area contributed by atoms with Crippen LogP contribution in [0.5, 0.6) is 0 Å². The number of nitrogens with zero attached hydrogens (tertiary/aromatic N) is 2. The molecule has 0 bridgehead atoms. The molecule has 0 spiro atoms. The topological polar surface area (TPSA) is 54.9 Å². The molecule has 1 N–H and O–H groups in total.